The van der Waals surface area contributed by atoms with E-state index < -0.39 is 0 Å². The standard InChI is InChI=1S/C18H26N6O2/c1-12(2)17-20-18(26-22-17)15-4-3-8-23(15)16(25)6-5-13-10-14-11-19-7-9-24(14)21-13/h10,12,15,19H,3-9,11H2,1-2H3. The smallest absolute Gasteiger partial charge is 0.249 e. The minimum absolute atomic E-state index is 0.0816. The molecule has 1 amide bonds. The van der Waals surface area contributed by atoms with E-state index in [9.17, 15) is 4.79 Å². The molecular formula is C18H26N6O2. The van der Waals surface area contributed by atoms with Crippen LogP contribution in [-0.4, -0.2) is 43.8 Å². The summed E-state index contributed by atoms with van der Waals surface area (Å²) >= 11 is 0. The SMILES string of the molecule is CC(C)c1noc(C2CCCN2C(=O)CCc2cc3n(n2)CCNC3)n1. The maximum absolute atomic E-state index is 12.8. The Morgan fingerprint density at radius 2 is 2.31 bits per heavy atom. The van der Waals surface area contributed by atoms with Crippen molar-refractivity contribution in [3.63, 3.8) is 0 Å². The third kappa shape index (κ3) is 3.38. The number of aromatic nitrogens is 4. The van der Waals surface area contributed by atoms with Crippen molar-refractivity contribution < 1.29 is 9.32 Å². The third-order valence-electron chi connectivity index (χ3n) is 5.15. The van der Waals surface area contributed by atoms with Gasteiger partial charge in [-0.3, -0.25) is 9.48 Å². The lowest BCUT2D eigenvalue weighted by Gasteiger charge is -2.21. The summed E-state index contributed by atoms with van der Waals surface area (Å²) in [6.07, 6.45) is 2.99. The number of carbonyl (C=O) groups excluding carboxylic acids is 1. The van der Waals surface area contributed by atoms with Gasteiger partial charge in [-0.05, 0) is 18.9 Å². The predicted octanol–water partition coefficient (Wildman–Crippen LogP) is 1.79. The molecule has 1 unspecified atom stereocenters. The molecule has 2 aromatic rings. The number of fused-ring (bicyclic) bond motifs is 1. The molecule has 0 aliphatic carbocycles. The average molecular weight is 358 g/mol. The van der Waals surface area contributed by atoms with Crippen LogP contribution in [0.15, 0.2) is 10.6 Å². The Morgan fingerprint density at radius 3 is 3.08 bits per heavy atom. The van der Waals surface area contributed by atoms with Crippen molar-refractivity contribution >= 4 is 5.91 Å². The monoisotopic (exact) mass is 358 g/mol. The number of hydrogen-bond acceptors (Lipinski definition) is 6. The largest absolute Gasteiger partial charge is 0.337 e. The van der Waals surface area contributed by atoms with Gasteiger partial charge in [-0.1, -0.05) is 19.0 Å². The Labute approximate surface area is 152 Å². The molecule has 0 saturated carbocycles. The fourth-order valence-electron chi connectivity index (χ4n) is 3.69. The molecule has 0 radical (unpaired) electrons. The van der Waals surface area contributed by atoms with Crippen molar-refractivity contribution in [1.29, 1.82) is 0 Å². The highest BCUT2D eigenvalue weighted by Gasteiger charge is 2.34. The molecule has 1 atom stereocenters. The summed E-state index contributed by atoms with van der Waals surface area (Å²) in [6, 6.07) is 2.02. The van der Waals surface area contributed by atoms with Crippen LogP contribution in [0, 0.1) is 0 Å². The van der Waals surface area contributed by atoms with E-state index in [-0.39, 0.29) is 17.9 Å². The van der Waals surface area contributed by atoms with Gasteiger partial charge in [0.05, 0.1) is 17.9 Å². The van der Waals surface area contributed by atoms with Crippen molar-refractivity contribution in [3.05, 3.63) is 29.2 Å². The molecule has 2 aliphatic heterocycles. The molecule has 4 heterocycles. The van der Waals surface area contributed by atoms with Gasteiger partial charge < -0.3 is 14.7 Å². The average Bonchev–Trinajstić information content (AvgIpc) is 3.37. The second-order valence-corrected chi connectivity index (χ2v) is 7.42. The molecule has 8 heteroatoms. The summed E-state index contributed by atoms with van der Waals surface area (Å²) in [5.74, 6) is 1.64. The number of carbonyl (C=O) groups is 1. The van der Waals surface area contributed by atoms with Gasteiger partial charge in [-0.25, -0.2) is 0 Å². The van der Waals surface area contributed by atoms with E-state index in [1.807, 2.05) is 23.4 Å². The molecule has 0 spiro atoms. The Balaban J connectivity index is 1.39. The maximum Gasteiger partial charge on any atom is 0.249 e. The molecule has 1 N–H and O–H groups in total. The molecule has 2 aromatic heterocycles. The molecule has 0 aromatic carbocycles. The Hall–Kier alpha value is -2.22. The molecule has 2 aliphatic rings. The Bertz CT molecular complexity index is 757. The second-order valence-electron chi connectivity index (χ2n) is 7.42. The normalized spacial score (nSPS) is 20.0. The lowest BCUT2D eigenvalue weighted by atomic mass is 10.1. The van der Waals surface area contributed by atoms with Gasteiger partial charge in [0.15, 0.2) is 5.82 Å². The van der Waals surface area contributed by atoms with Crippen molar-refractivity contribution in [3.8, 4) is 0 Å². The van der Waals surface area contributed by atoms with Gasteiger partial charge in [-0.15, -0.1) is 0 Å². The molecule has 1 saturated heterocycles. The van der Waals surface area contributed by atoms with Gasteiger partial charge in [0.1, 0.15) is 6.04 Å². The van der Waals surface area contributed by atoms with Gasteiger partial charge in [0.2, 0.25) is 11.8 Å². The molecule has 8 nitrogen and oxygen atoms in total. The number of aryl methyl sites for hydroxylation is 1. The summed E-state index contributed by atoms with van der Waals surface area (Å²) in [5, 5.41) is 12.0. The van der Waals surface area contributed by atoms with E-state index in [0.717, 1.165) is 44.7 Å². The van der Waals surface area contributed by atoms with Crippen molar-refractivity contribution in [1.82, 2.24) is 30.1 Å². The minimum Gasteiger partial charge on any atom is -0.337 e. The highest BCUT2D eigenvalue weighted by Crippen LogP contribution is 2.32. The first kappa shape index (κ1) is 17.2. The van der Waals surface area contributed by atoms with E-state index in [4.69, 9.17) is 4.52 Å². The summed E-state index contributed by atoms with van der Waals surface area (Å²) in [4.78, 5) is 19.2. The van der Waals surface area contributed by atoms with Crippen molar-refractivity contribution in [2.75, 3.05) is 13.1 Å². The Kier molecular flexibility index (Phi) is 4.76. The van der Waals surface area contributed by atoms with Crippen LogP contribution in [-0.2, 0) is 24.3 Å². The van der Waals surface area contributed by atoms with Crippen LogP contribution in [0.4, 0.5) is 0 Å². The van der Waals surface area contributed by atoms with Gasteiger partial charge in [-0.2, -0.15) is 10.1 Å². The second kappa shape index (κ2) is 7.19. The highest BCUT2D eigenvalue weighted by molar-refractivity contribution is 5.77. The first-order chi connectivity index (χ1) is 12.6. The van der Waals surface area contributed by atoms with E-state index >= 15 is 0 Å². The number of rotatable bonds is 5. The van der Waals surface area contributed by atoms with E-state index in [2.05, 4.69) is 26.6 Å². The quantitative estimate of drug-likeness (QED) is 0.876. The number of nitrogens with zero attached hydrogens (tertiary/aromatic N) is 5. The molecule has 4 rings (SSSR count). The van der Waals surface area contributed by atoms with E-state index in [1.165, 1.54) is 5.69 Å². The van der Waals surface area contributed by atoms with Crippen molar-refractivity contribution in [2.24, 2.45) is 0 Å². The van der Waals surface area contributed by atoms with Crippen LogP contribution in [0.2, 0.25) is 0 Å². The lowest BCUT2D eigenvalue weighted by molar-refractivity contribution is -0.132. The predicted molar refractivity (Wildman–Crippen MR) is 94.3 cm³/mol. The van der Waals surface area contributed by atoms with Crippen LogP contribution in [0.5, 0.6) is 0 Å². The summed E-state index contributed by atoms with van der Waals surface area (Å²) in [5.41, 5.74) is 2.19. The van der Waals surface area contributed by atoms with Crippen LogP contribution in [0.25, 0.3) is 0 Å². The fourth-order valence-corrected chi connectivity index (χ4v) is 3.69. The van der Waals surface area contributed by atoms with E-state index in [1.54, 1.807) is 0 Å². The summed E-state index contributed by atoms with van der Waals surface area (Å²) < 4.78 is 7.47. The number of hydrogen-bond donors (Lipinski definition) is 1. The zero-order valence-electron chi connectivity index (χ0n) is 15.4. The third-order valence-corrected chi connectivity index (χ3v) is 5.15. The summed E-state index contributed by atoms with van der Waals surface area (Å²) in [6.45, 7) is 7.52. The van der Waals surface area contributed by atoms with Crippen LogP contribution >= 0.6 is 0 Å². The highest BCUT2D eigenvalue weighted by atomic mass is 16.5. The minimum atomic E-state index is -0.0816. The first-order valence-electron chi connectivity index (χ1n) is 9.51. The van der Waals surface area contributed by atoms with Gasteiger partial charge in [0.25, 0.3) is 0 Å². The topological polar surface area (TPSA) is 89.1 Å². The van der Waals surface area contributed by atoms with E-state index in [0.29, 0.717) is 24.6 Å². The molecule has 1 fully saturated rings. The fraction of sp³-hybridized carbons (Fsp3) is 0.667. The van der Waals surface area contributed by atoms with Gasteiger partial charge in [0, 0.05) is 38.4 Å². The van der Waals surface area contributed by atoms with Gasteiger partial charge >= 0.3 is 0 Å². The van der Waals surface area contributed by atoms with Crippen LogP contribution < -0.4 is 5.32 Å². The first-order valence-corrected chi connectivity index (χ1v) is 9.51. The van der Waals surface area contributed by atoms with Crippen LogP contribution in [0.1, 0.15) is 68.2 Å². The molecule has 0 bridgehead atoms. The molecule has 140 valence electrons. The molecule has 26 heavy (non-hydrogen) atoms. The number of nitrogens with one attached hydrogen (secondary N) is 1. The maximum atomic E-state index is 12.8. The number of likely N-dealkylation sites (tertiary alicyclic amines) is 1. The van der Waals surface area contributed by atoms with Crippen LogP contribution in [0.3, 0.4) is 0 Å². The number of amides is 1. The Morgan fingerprint density at radius 1 is 1.42 bits per heavy atom. The van der Waals surface area contributed by atoms with Crippen molar-refractivity contribution in [2.45, 2.75) is 64.6 Å². The summed E-state index contributed by atoms with van der Waals surface area (Å²) in [7, 11) is 0. The lowest BCUT2D eigenvalue weighted by Crippen LogP contribution is -2.31. The molecular weight excluding hydrogens is 332 g/mol. The zero-order valence-corrected chi connectivity index (χ0v) is 15.4. The zero-order chi connectivity index (χ0) is 18.1.